The Morgan fingerprint density at radius 3 is 2.33 bits per heavy atom. The molecule has 0 unspecified atom stereocenters. The molecule has 2 aliphatic heterocycles. The van der Waals surface area contributed by atoms with E-state index in [1.165, 1.54) is 5.56 Å². The lowest BCUT2D eigenvalue weighted by atomic mass is 9.94. The van der Waals surface area contributed by atoms with E-state index in [0.29, 0.717) is 23.7 Å². The highest BCUT2D eigenvalue weighted by molar-refractivity contribution is 5.99. The molecule has 45 heavy (non-hydrogen) atoms. The summed E-state index contributed by atoms with van der Waals surface area (Å²) in [5.74, 6) is -0.177. The molecule has 0 saturated carbocycles. The number of rotatable bonds is 11. The highest BCUT2D eigenvalue weighted by Crippen LogP contribution is 2.34. The zero-order valence-corrected chi connectivity index (χ0v) is 27.5. The summed E-state index contributed by atoms with van der Waals surface area (Å²) in [5.41, 5.74) is 13.9. The van der Waals surface area contributed by atoms with Crippen LogP contribution in [0.2, 0.25) is 0 Å². The van der Waals surface area contributed by atoms with Gasteiger partial charge in [-0.05, 0) is 86.6 Å². The lowest BCUT2D eigenvalue weighted by Gasteiger charge is -2.37. The van der Waals surface area contributed by atoms with Gasteiger partial charge in [0.1, 0.15) is 0 Å². The minimum absolute atomic E-state index is 0.159. The van der Waals surface area contributed by atoms with Gasteiger partial charge in [0.25, 0.3) is 11.5 Å². The number of aromatic amines is 1. The van der Waals surface area contributed by atoms with Crippen LogP contribution in [-0.4, -0.2) is 85.8 Å². The smallest absolute Gasteiger partial charge is 0.253 e. The van der Waals surface area contributed by atoms with Crippen LogP contribution in [0, 0.1) is 20.8 Å². The predicted molar refractivity (Wildman–Crippen MR) is 182 cm³/mol. The standard InChI is InChI=1S/C36H50N6O3/c1-5-42(31-10-18-45-19-11-31)34-22-30(29-8-6-28(7-9-29)24-41-16-14-40(13-12-37)15-17-41)21-32(27(34)4)35(43)38-23-33-25(2)20-26(3)39-36(33)44/h6-9,20-22,31H,5,10-19,23-24,37H2,1-4H3,(H,38,43)(H,39,44). The molecule has 9 heteroatoms. The van der Waals surface area contributed by atoms with Crippen molar-refractivity contribution in [2.45, 2.75) is 59.7 Å². The quantitative estimate of drug-likeness (QED) is 0.300. The van der Waals surface area contributed by atoms with Crippen molar-refractivity contribution in [3.8, 4) is 11.1 Å². The maximum absolute atomic E-state index is 13.8. The summed E-state index contributed by atoms with van der Waals surface area (Å²) in [7, 11) is 0. The molecule has 1 amide bonds. The number of benzene rings is 2. The van der Waals surface area contributed by atoms with Gasteiger partial charge in [0.05, 0.1) is 0 Å². The molecular weight excluding hydrogens is 564 g/mol. The number of hydrogen-bond donors (Lipinski definition) is 3. The van der Waals surface area contributed by atoms with E-state index in [9.17, 15) is 9.59 Å². The number of pyridine rings is 1. The molecule has 0 spiro atoms. The van der Waals surface area contributed by atoms with E-state index in [4.69, 9.17) is 10.5 Å². The van der Waals surface area contributed by atoms with E-state index in [2.05, 4.69) is 62.3 Å². The first kappa shape index (κ1) is 32.9. The minimum atomic E-state index is -0.177. The molecule has 2 aliphatic rings. The average molecular weight is 615 g/mol. The van der Waals surface area contributed by atoms with Gasteiger partial charge in [0, 0.05) is 101 Å². The van der Waals surface area contributed by atoms with E-state index in [1.807, 2.05) is 32.9 Å². The predicted octanol–water partition coefficient (Wildman–Crippen LogP) is 3.98. The molecular formula is C36H50N6O3. The Labute approximate surface area is 267 Å². The molecule has 3 aromatic rings. The van der Waals surface area contributed by atoms with Crippen LogP contribution in [0.1, 0.15) is 58.1 Å². The van der Waals surface area contributed by atoms with Gasteiger partial charge in [-0.3, -0.25) is 19.4 Å². The number of carbonyl (C=O) groups is 1. The monoisotopic (exact) mass is 614 g/mol. The molecule has 242 valence electrons. The number of aromatic nitrogens is 1. The molecule has 0 aliphatic carbocycles. The first-order chi connectivity index (χ1) is 21.8. The maximum atomic E-state index is 13.8. The fourth-order valence-corrected chi connectivity index (χ4v) is 6.80. The van der Waals surface area contributed by atoms with Crippen molar-refractivity contribution < 1.29 is 9.53 Å². The first-order valence-electron chi connectivity index (χ1n) is 16.5. The zero-order chi connectivity index (χ0) is 31.9. The molecule has 2 saturated heterocycles. The number of nitrogens with two attached hydrogens (primary N) is 1. The van der Waals surface area contributed by atoms with Gasteiger partial charge >= 0.3 is 0 Å². The van der Waals surface area contributed by atoms with Crippen molar-refractivity contribution in [2.75, 3.05) is 63.9 Å². The summed E-state index contributed by atoms with van der Waals surface area (Å²) < 4.78 is 5.67. The molecule has 4 N–H and O–H groups in total. The van der Waals surface area contributed by atoms with Gasteiger partial charge in [-0.15, -0.1) is 0 Å². The highest BCUT2D eigenvalue weighted by atomic mass is 16.5. The third kappa shape index (κ3) is 8.02. The van der Waals surface area contributed by atoms with Crippen molar-refractivity contribution in [3.63, 3.8) is 0 Å². The summed E-state index contributed by atoms with van der Waals surface area (Å²) in [6.07, 6.45) is 1.92. The van der Waals surface area contributed by atoms with Crippen LogP contribution in [0.3, 0.4) is 0 Å². The van der Waals surface area contributed by atoms with Gasteiger partial charge in [-0.25, -0.2) is 0 Å². The Bertz CT molecular complexity index is 1500. The summed E-state index contributed by atoms with van der Waals surface area (Å²) >= 11 is 0. The van der Waals surface area contributed by atoms with E-state index in [-0.39, 0.29) is 18.0 Å². The molecule has 9 nitrogen and oxygen atoms in total. The van der Waals surface area contributed by atoms with Crippen molar-refractivity contribution >= 4 is 11.6 Å². The van der Waals surface area contributed by atoms with Crippen molar-refractivity contribution in [1.29, 1.82) is 0 Å². The SMILES string of the molecule is CCN(c1cc(-c2ccc(CN3CCN(CCN)CC3)cc2)cc(C(=O)NCc2c(C)cc(C)[nH]c2=O)c1C)C1CCOCC1. The van der Waals surface area contributed by atoms with Crippen LogP contribution in [-0.2, 0) is 17.8 Å². The second-order valence-corrected chi connectivity index (χ2v) is 12.5. The number of nitrogens with one attached hydrogen (secondary N) is 2. The summed E-state index contributed by atoms with van der Waals surface area (Å²) in [6.45, 7) is 17.3. The van der Waals surface area contributed by atoms with Crippen LogP contribution in [0.15, 0.2) is 47.3 Å². The fourth-order valence-electron chi connectivity index (χ4n) is 6.80. The summed E-state index contributed by atoms with van der Waals surface area (Å²) in [4.78, 5) is 36.7. The number of piperazine rings is 1. The van der Waals surface area contributed by atoms with Crippen molar-refractivity contribution in [3.05, 3.63) is 86.3 Å². The van der Waals surface area contributed by atoms with Crippen LogP contribution in [0.25, 0.3) is 11.1 Å². The molecule has 3 heterocycles. The van der Waals surface area contributed by atoms with E-state index in [0.717, 1.165) is 106 Å². The summed E-state index contributed by atoms with van der Waals surface area (Å²) in [5, 5.41) is 3.05. The Morgan fingerprint density at radius 1 is 1.00 bits per heavy atom. The normalized spacial score (nSPS) is 16.6. The van der Waals surface area contributed by atoms with Gasteiger partial charge in [-0.1, -0.05) is 24.3 Å². The molecule has 2 aromatic carbocycles. The zero-order valence-electron chi connectivity index (χ0n) is 27.5. The summed E-state index contributed by atoms with van der Waals surface area (Å²) in [6, 6.07) is 15.3. The minimum Gasteiger partial charge on any atom is -0.381 e. The van der Waals surface area contributed by atoms with Gasteiger partial charge < -0.3 is 25.7 Å². The Kier molecular flexibility index (Phi) is 11.1. The molecule has 2 fully saturated rings. The number of amides is 1. The average Bonchev–Trinajstić information content (AvgIpc) is 3.03. The Morgan fingerprint density at radius 2 is 1.69 bits per heavy atom. The third-order valence-corrected chi connectivity index (χ3v) is 9.43. The number of anilines is 1. The van der Waals surface area contributed by atoms with Gasteiger partial charge in [0.2, 0.25) is 0 Å². The molecule has 1 aromatic heterocycles. The van der Waals surface area contributed by atoms with Crippen molar-refractivity contribution in [1.82, 2.24) is 20.1 Å². The molecule has 0 atom stereocenters. The Hall–Kier alpha value is -3.50. The highest BCUT2D eigenvalue weighted by Gasteiger charge is 2.25. The molecule has 5 rings (SSSR count). The molecule has 0 radical (unpaired) electrons. The topological polar surface area (TPSA) is 107 Å². The fraction of sp³-hybridized carbons (Fsp3) is 0.500. The van der Waals surface area contributed by atoms with Gasteiger partial charge in [0.15, 0.2) is 0 Å². The largest absolute Gasteiger partial charge is 0.381 e. The number of hydrogen-bond acceptors (Lipinski definition) is 7. The van der Waals surface area contributed by atoms with Crippen molar-refractivity contribution in [2.24, 2.45) is 5.73 Å². The first-order valence-corrected chi connectivity index (χ1v) is 16.5. The lowest BCUT2D eigenvalue weighted by Crippen LogP contribution is -2.47. The van der Waals surface area contributed by atoms with Crippen LogP contribution >= 0.6 is 0 Å². The number of carbonyl (C=O) groups excluding carboxylic acids is 1. The van der Waals surface area contributed by atoms with E-state index >= 15 is 0 Å². The van der Waals surface area contributed by atoms with Crippen LogP contribution < -0.4 is 21.5 Å². The van der Waals surface area contributed by atoms with E-state index < -0.39 is 0 Å². The second kappa shape index (κ2) is 15.2. The van der Waals surface area contributed by atoms with Gasteiger partial charge in [-0.2, -0.15) is 0 Å². The molecule has 0 bridgehead atoms. The maximum Gasteiger partial charge on any atom is 0.253 e. The second-order valence-electron chi connectivity index (χ2n) is 12.5. The number of ether oxygens (including phenoxy) is 1. The Balaban J connectivity index is 1.41. The third-order valence-electron chi connectivity index (χ3n) is 9.43. The number of nitrogens with zero attached hydrogens (tertiary/aromatic N) is 3. The number of H-pyrrole nitrogens is 1. The van der Waals surface area contributed by atoms with E-state index in [1.54, 1.807) is 0 Å². The van der Waals surface area contributed by atoms with Crippen LogP contribution in [0.4, 0.5) is 5.69 Å². The lowest BCUT2D eigenvalue weighted by molar-refractivity contribution is 0.0846. The van der Waals surface area contributed by atoms with Crippen LogP contribution in [0.5, 0.6) is 0 Å². The number of aryl methyl sites for hydroxylation is 2.